The second-order valence-electron chi connectivity index (χ2n) is 13.4. The predicted molar refractivity (Wildman–Crippen MR) is 208 cm³/mol. The number of hydrogen-bond donors (Lipinski definition) is 0. The van der Waals surface area contributed by atoms with Crippen LogP contribution < -0.4 is 23.7 Å². The van der Waals surface area contributed by atoms with Crippen molar-refractivity contribution in [1.82, 2.24) is 9.80 Å². The summed E-state index contributed by atoms with van der Waals surface area (Å²) in [5, 5.41) is 0. The van der Waals surface area contributed by atoms with E-state index in [1.807, 2.05) is 48.8 Å². The molecule has 12 nitrogen and oxygen atoms in total. The molecule has 0 N–H and O–H groups in total. The lowest BCUT2D eigenvalue weighted by Crippen LogP contribution is -2.32. The van der Waals surface area contributed by atoms with Crippen molar-refractivity contribution in [2.24, 2.45) is 9.98 Å². The summed E-state index contributed by atoms with van der Waals surface area (Å²) in [4.78, 5) is 51.3. The maximum absolute atomic E-state index is 13.7. The summed E-state index contributed by atoms with van der Waals surface area (Å²) in [6, 6.07) is 21.4. The summed E-state index contributed by atoms with van der Waals surface area (Å²) in [5.41, 5.74) is 6.45. The lowest BCUT2D eigenvalue weighted by Gasteiger charge is -2.19. The number of carbonyl (C=O) groups excluding carboxylic acids is 3. The average molecular weight is 739 g/mol. The van der Waals surface area contributed by atoms with Gasteiger partial charge in [0, 0.05) is 61.8 Å². The third-order valence-electron chi connectivity index (χ3n) is 10.1. The molecule has 0 aromatic heterocycles. The van der Waals surface area contributed by atoms with Gasteiger partial charge in [0.15, 0.2) is 23.0 Å². The molecule has 0 saturated carbocycles. The minimum Gasteiger partial charge on any atom is -0.497 e. The van der Waals surface area contributed by atoms with Crippen molar-refractivity contribution >= 4 is 53.1 Å². The zero-order valence-corrected chi connectivity index (χ0v) is 30.6. The highest BCUT2D eigenvalue weighted by molar-refractivity contribution is 6.06. The summed E-state index contributed by atoms with van der Waals surface area (Å²) in [6.45, 7) is 0.586. The van der Waals surface area contributed by atoms with E-state index in [2.05, 4.69) is 4.99 Å². The SMILES string of the molecule is COc1ccc(C2=CN3C(=O)c4cc(OC)c(OCCCOc5cc6c(cc5OC)C(=O)N5C=C(c7ccc(C=O)cc7)C[C@H]5C=N6)cc4N=C[C@@H]3C2)cc1. The highest BCUT2D eigenvalue weighted by Crippen LogP contribution is 2.42. The largest absolute Gasteiger partial charge is 0.497 e. The summed E-state index contributed by atoms with van der Waals surface area (Å²) in [6.07, 6.45) is 9.90. The minimum atomic E-state index is -0.242. The molecule has 278 valence electrons. The molecule has 0 aliphatic carbocycles. The van der Waals surface area contributed by atoms with Crippen LogP contribution in [-0.2, 0) is 0 Å². The molecule has 0 saturated heterocycles. The number of methoxy groups -OCH3 is 3. The maximum atomic E-state index is 13.7. The predicted octanol–water partition coefficient (Wildman–Crippen LogP) is 7.32. The molecule has 0 fully saturated rings. The van der Waals surface area contributed by atoms with Crippen LogP contribution in [0.4, 0.5) is 11.4 Å². The van der Waals surface area contributed by atoms with Crippen LogP contribution in [-0.4, -0.2) is 87.0 Å². The van der Waals surface area contributed by atoms with Crippen molar-refractivity contribution in [3.8, 4) is 28.7 Å². The first kappa shape index (κ1) is 35.3. The number of rotatable bonds is 12. The van der Waals surface area contributed by atoms with Crippen LogP contribution in [0.3, 0.4) is 0 Å². The fourth-order valence-corrected chi connectivity index (χ4v) is 7.15. The number of hydrogen-bond acceptors (Lipinski definition) is 10. The highest BCUT2D eigenvalue weighted by Gasteiger charge is 2.35. The Morgan fingerprint density at radius 3 is 1.55 bits per heavy atom. The van der Waals surface area contributed by atoms with E-state index in [-0.39, 0.29) is 23.9 Å². The van der Waals surface area contributed by atoms with Gasteiger partial charge in [-0.15, -0.1) is 0 Å². The molecule has 4 aromatic rings. The maximum Gasteiger partial charge on any atom is 0.260 e. The third kappa shape index (κ3) is 6.82. The minimum absolute atomic E-state index is 0.163. The van der Waals surface area contributed by atoms with Gasteiger partial charge < -0.3 is 33.5 Å². The van der Waals surface area contributed by atoms with E-state index in [9.17, 15) is 14.4 Å². The first-order valence-electron chi connectivity index (χ1n) is 17.9. The van der Waals surface area contributed by atoms with Crippen molar-refractivity contribution in [2.75, 3.05) is 34.5 Å². The Labute approximate surface area is 317 Å². The number of aliphatic imine (C=N–C) groups is 2. The van der Waals surface area contributed by atoms with Gasteiger partial charge in [-0.05, 0) is 46.5 Å². The Kier molecular flexibility index (Phi) is 9.62. The highest BCUT2D eigenvalue weighted by atomic mass is 16.5. The van der Waals surface area contributed by atoms with Gasteiger partial charge in [0.25, 0.3) is 11.8 Å². The van der Waals surface area contributed by atoms with Crippen LogP contribution >= 0.6 is 0 Å². The molecular formula is C43H38N4O8. The molecule has 55 heavy (non-hydrogen) atoms. The molecule has 12 heteroatoms. The Morgan fingerprint density at radius 1 is 0.636 bits per heavy atom. The molecular weight excluding hydrogens is 700 g/mol. The van der Waals surface area contributed by atoms with E-state index in [1.165, 1.54) is 14.2 Å². The Morgan fingerprint density at radius 2 is 1.11 bits per heavy atom. The number of aldehydes is 1. The number of ether oxygens (including phenoxy) is 5. The molecule has 4 aromatic carbocycles. The molecule has 4 aliphatic rings. The molecule has 0 radical (unpaired) electrons. The van der Waals surface area contributed by atoms with Crippen LogP contribution in [0.15, 0.2) is 95.2 Å². The van der Waals surface area contributed by atoms with Crippen molar-refractivity contribution < 1.29 is 38.1 Å². The zero-order chi connectivity index (χ0) is 38.1. The number of amides is 2. The second kappa shape index (κ2) is 15.0. The topological polar surface area (TPSA) is 129 Å². The monoisotopic (exact) mass is 738 g/mol. The van der Waals surface area contributed by atoms with Crippen molar-refractivity contribution in [3.63, 3.8) is 0 Å². The molecule has 0 spiro atoms. The van der Waals surface area contributed by atoms with Crippen LogP contribution in [0.2, 0.25) is 0 Å². The van der Waals surface area contributed by atoms with Gasteiger partial charge in [0.1, 0.15) is 12.0 Å². The van der Waals surface area contributed by atoms with Gasteiger partial charge in [-0.1, -0.05) is 36.4 Å². The molecule has 4 heterocycles. The van der Waals surface area contributed by atoms with E-state index in [0.29, 0.717) is 83.5 Å². The van der Waals surface area contributed by atoms with Gasteiger partial charge in [0.05, 0.1) is 69.1 Å². The smallest absolute Gasteiger partial charge is 0.260 e. The van der Waals surface area contributed by atoms with Gasteiger partial charge >= 0.3 is 0 Å². The fourth-order valence-electron chi connectivity index (χ4n) is 7.15. The van der Waals surface area contributed by atoms with Gasteiger partial charge in [-0.2, -0.15) is 0 Å². The van der Waals surface area contributed by atoms with E-state index >= 15 is 0 Å². The molecule has 0 bridgehead atoms. The first-order valence-corrected chi connectivity index (χ1v) is 17.9. The van der Waals surface area contributed by atoms with Gasteiger partial charge in [-0.25, -0.2) is 0 Å². The molecule has 2 amide bonds. The lowest BCUT2D eigenvalue weighted by atomic mass is 10.0. The summed E-state index contributed by atoms with van der Waals surface area (Å²) in [7, 11) is 4.70. The third-order valence-corrected chi connectivity index (χ3v) is 10.1. The van der Waals surface area contributed by atoms with Crippen LogP contribution in [0.5, 0.6) is 28.7 Å². The van der Waals surface area contributed by atoms with Crippen LogP contribution in [0.1, 0.15) is 61.5 Å². The number of benzene rings is 4. The van der Waals surface area contributed by atoms with Crippen LogP contribution in [0.25, 0.3) is 11.1 Å². The Bertz CT molecular complexity index is 2290. The second-order valence-corrected chi connectivity index (χ2v) is 13.4. The quantitative estimate of drug-likeness (QED) is 0.109. The number of nitrogens with zero attached hydrogens (tertiary/aromatic N) is 4. The summed E-state index contributed by atoms with van der Waals surface area (Å²) < 4.78 is 28.8. The van der Waals surface area contributed by atoms with E-state index in [0.717, 1.165) is 34.3 Å². The molecule has 2 atom stereocenters. The van der Waals surface area contributed by atoms with Gasteiger partial charge in [0.2, 0.25) is 0 Å². The number of carbonyl (C=O) groups is 3. The first-order chi connectivity index (χ1) is 26.9. The Balaban J connectivity index is 0.907. The van der Waals surface area contributed by atoms with Crippen molar-refractivity contribution in [1.29, 1.82) is 0 Å². The summed E-state index contributed by atoms with van der Waals surface area (Å²) in [5.74, 6) is 2.18. The lowest BCUT2D eigenvalue weighted by molar-refractivity contribution is 0.0809. The van der Waals surface area contributed by atoms with E-state index in [4.69, 9.17) is 28.7 Å². The average Bonchev–Trinajstić information content (AvgIpc) is 3.80. The van der Waals surface area contributed by atoms with E-state index < -0.39 is 0 Å². The van der Waals surface area contributed by atoms with E-state index in [1.54, 1.807) is 65.7 Å². The van der Waals surface area contributed by atoms with Crippen molar-refractivity contribution in [3.05, 3.63) is 113 Å². The zero-order valence-electron chi connectivity index (χ0n) is 30.6. The fraction of sp³-hybridized carbons (Fsp3) is 0.233. The standard InChI is InChI=1S/C43H38N4O8/c1-51-33-11-9-28(10-12-33)30-16-32-22-45-37-20-41(39(53-3)18-35(37)43(50)47(32)24-30)55-14-4-13-54-40-19-36-34(17-38(40)52-2)42(49)46-23-29(15-31(46)21-44-36)27-7-5-26(25-48)6-8-27/h5-12,17-25,31-32H,4,13-16H2,1-3H3/t31-,32-/m0/s1. The molecule has 4 aliphatic heterocycles. The van der Waals surface area contributed by atoms with Gasteiger partial charge in [-0.3, -0.25) is 24.4 Å². The summed E-state index contributed by atoms with van der Waals surface area (Å²) >= 11 is 0. The molecule has 8 rings (SSSR count). The molecule has 0 unspecified atom stereocenters. The number of fused-ring (bicyclic) bond motifs is 4. The normalized spacial score (nSPS) is 17.9. The van der Waals surface area contributed by atoms with Crippen molar-refractivity contribution in [2.45, 2.75) is 31.3 Å². The Hall–Kier alpha value is -6.69. The van der Waals surface area contributed by atoms with Crippen LogP contribution in [0, 0.1) is 0 Å².